The molecule has 0 heterocycles. The lowest BCUT2D eigenvalue weighted by Gasteiger charge is -2.37. The molecular weight excluding hydrogens is 537 g/mol. The zero-order chi connectivity index (χ0) is 29.6. The fourth-order valence-electron chi connectivity index (χ4n) is 3.84. The Labute approximate surface area is 225 Å². The number of hydrogen-bond donors (Lipinski definition) is 4. The molecule has 0 saturated carbocycles. The van der Waals surface area contributed by atoms with Crippen molar-refractivity contribution >= 4 is 27.6 Å². The Morgan fingerprint density at radius 2 is 1.62 bits per heavy atom. The average molecular weight is 571 g/mol. The first-order chi connectivity index (χ1) is 17.9. The van der Waals surface area contributed by atoms with E-state index in [1.54, 1.807) is 12.1 Å². The molecule has 0 fully saturated rings. The largest absolute Gasteiger partial charge is 0.416 e. The van der Waals surface area contributed by atoms with Crippen molar-refractivity contribution < 1.29 is 36.0 Å². The molecule has 0 radical (unpaired) electrons. The molecule has 2 rings (SSSR count). The summed E-state index contributed by atoms with van der Waals surface area (Å²) >= 11 is 0. The second kappa shape index (κ2) is 12.6. The van der Waals surface area contributed by atoms with Gasteiger partial charge < -0.3 is 21.7 Å². The summed E-state index contributed by atoms with van der Waals surface area (Å²) in [7, 11) is -3.32. The maximum atomic E-state index is 12.9. The molecule has 0 saturated heterocycles. The van der Waals surface area contributed by atoms with Crippen LogP contribution in [-0.2, 0) is 32.0 Å². The van der Waals surface area contributed by atoms with Crippen molar-refractivity contribution in [3.63, 3.8) is 0 Å². The quantitative estimate of drug-likeness (QED) is 0.325. The summed E-state index contributed by atoms with van der Waals surface area (Å²) < 4.78 is 62.0. The van der Waals surface area contributed by atoms with Gasteiger partial charge in [0.2, 0.25) is 11.8 Å². The van der Waals surface area contributed by atoms with Crippen LogP contribution in [0, 0.1) is 5.41 Å². The van der Waals surface area contributed by atoms with E-state index in [9.17, 15) is 36.0 Å². The fourth-order valence-corrected chi connectivity index (χ4v) is 4.47. The number of sulfone groups is 1. The molecule has 2 aromatic carbocycles. The Balaban J connectivity index is 2.03. The minimum absolute atomic E-state index is 0.198. The van der Waals surface area contributed by atoms with Crippen LogP contribution < -0.4 is 21.7 Å². The average Bonchev–Trinajstić information content (AvgIpc) is 2.82. The number of benzene rings is 2. The molecule has 3 amide bonds. The number of carbonyl (C=O) groups is 3. The lowest BCUT2D eigenvalue weighted by molar-refractivity contribution is -0.137. The molecule has 0 aliphatic carbocycles. The third-order valence-corrected chi connectivity index (χ3v) is 7.01. The molecule has 13 heteroatoms. The standard InChI is InChI=1S/C26H33F3N4O5S/c1-25(2,3)22(31-13-12-16-8-10-19(11-9-16)39(4,37)38)21(23(30)35)33-20(34)15-32-24(36)17-6-5-7-18(14-17)26(27,28)29/h5-11,14,21-22,31H,12-13,15H2,1-4H3,(H2,30,35)(H,32,36)(H,33,34). The maximum Gasteiger partial charge on any atom is 0.416 e. The van der Waals surface area contributed by atoms with Gasteiger partial charge in [0.25, 0.3) is 5.91 Å². The number of nitrogens with two attached hydrogens (primary N) is 1. The van der Waals surface area contributed by atoms with E-state index in [0.29, 0.717) is 19.0 Å². The lowest BCUT2D eigenvalue weighted by atomic mass is 9.81. The molecule has 0 aliphatic rings. The number of carbonyl (C=O) groups excluding carboxylic acids is 3. The van der Waals surface area contributed by atoms with E-state index in [-0.39, 0.29) is 10.5 Å². The van der Waals surface area contributed by atoms with Crippen LogP contribution in [-0.4, -0.2) is 57.6 Å². The van der Waals surface area contributed by atoms with Crippen LogP contribution in [0.5, 0.6) is 0 Å². The first kappa shape index (κ1) is 31.8. The molecule has 2 unspecified atom stereocenters. The van der Waals surface area contributed by atoms with E-state index in [4.69, 9.17) is 5.73 Å². The van der Waals surface area contributed by atoms with Crippen LogP contribution in [0.25, 0.3) is 0 Å². The van der Waals surface area contributed by atoms with Crippen LogP contribution in [0.15, 0.2) is 53.4 Å². The van der Waals surface area contributed by atoms with E-state index in [0.717, 1.165) is 24.0 Å². The van der Waals surface area contributed by atoms with Crippen LogP contribution in [0.2, 0.25) is 0 Å². The molecule has 9 nitrogen and oxygen atoms in total. The zero-order valence-electron chi connectivity index (χ0n) is 22.1. The smallest absolute Gasteiger partial charge is 0.368 e. The van der Waals surface area contributed by atoms with Gasteiger partial charge in [-0.25, -0.2) is 8.42 Å². The number of primary amides is 1. The predicted octanol–water partition coefficient (Wildman–Crippen LogP) is 2.06. The monoisotopic (exact) mass is 570 g/mol. The Morgan fingerprint density at radius 1 is 1.00 bits per heavy atom. The second-order valence-corrected chi connectivity index (χ2v) is 12.2. The van der Waals surface area contributed by atoms with Crippen LogP contribution >= 0.6 is 0 Å². The van der Waals surface area contributed by atoms with Gasteiger partial charge >= 0.3 is 6.18 Å². The van der Waals surface area contributed by atoms with Crippen molar-refractivity contribution in [2.75, 3.05) is 19.3 Å². The molecule has 0 aliphatic heterocycles. The summed E-state index contributed by atoms with van der Waals surface area (Å²) in [4.78, 5) is 37.4. The Morgan fingerprint density at radius 3 is 2.13 bits per heavy atom. The van der Waals surface area contributed by atoms with Crippen LogP contribution in [0.3, 0.4) is 0 Å². The number of nitrogens with one attached hydrogen (secondary N) is 3. The number of hydrogen-bond acceptors (Lipinski definition) is 6. The van der Waals surface area contributed by atoms with Gasteiger partial charge in [-0.05, 0) is 54.3 Å². The first-order valence-electron chi connectivity index (χ1n) is 12.0. The van der Waals surface area contributed by atoms with Crippen molar-refractivity contribution in [3.8, 4) is 0 Å². The minimum Gasteiger partial charge on any atom is -0.368 e. The maximum absolute atomic E-state index is 12.9. The summed E-state index contributed by atoms with van der Waals surface area (Å²) in [6, 6.07) is 8.35. The molecule has 0 bridgehead atoms. The van der Waals surface area contributed by atoms with Crippen molar-refractivity contribution in [3.05, 3.63) is 65.2 Å². The first-order valence-corrected chi connectivity index (χ1v) is 13.9. The Kier molecular flexibility index (Phi) is 10.3. The van der Waals surface area contributed by atoms with E-state index in [1.165, 1.54) is 18.2 Å². The zero-order valence-corrected chi connectivity index (χ0v) is 22.9. The van der Waals surface area contributed by atoms with Crippen molar-refractivity contribution in [2.45, 2.75) is 50.3 Å². The summed E-state index contributed by atoms with van der Waals surface area (Å²) in [5, 5.41) is 7.97. The number of amides is 3. The fraction of sp³-hybridized carbons (Fsp3) is 0.423. The highest BCUT2D eigenvalue weighted by Crippen LogP contribution is 2.29. The Hall–Kier alpha value is -3.45. The molecule has 39 heavy (non-hydrogen) atoms. The van der Waals surface area contributed by atoms with Crippen molar-refractivity contribution in [1.29, 1.82) is 0 Å². The van der Waals surface area contributed by atoms with Gasteiger partial charge in [-0.15, -0.1) is 0 Å². The molecule has 5 N–H and O–H groups in total. The third-order valence-electron chi connectivity index (χ3n) is 5.88. The Bertz CT molecular complexity index is 1290. The van der Waals surface area contributed by atoms with Gasteiger partial charge in [-0.1, -0.05) is 39.0 Å². The third kappa shape index (κ3) is 9.66. The molecular formula is C26H33F3N4O5S. The number of rotatable bonds is 11. The summed E-state index contributed by atoms with van der Waals surface area (Å²) in [6.45, 7) is 5.28. The number of halogens is 3. The lowest BCUT2D eigenvalue weighted by Crippen LogP contribution is -2.62. The second-order valence-electron chi connectivity index (χ2n) is 10.2. The van der Waals surface area contributed by atoms with E-state index in [1.807, 2.05) is 20.8 Å². The minimum atomic E-state index is -4.63. The predicted molar refractivity (Wildman–Crippen MR) is 139 cm³/mol. The highest BCUT2D eigenvalue weighted by Gasteiger charge is 2.36. The van der Waals surface area contributed by atoms with Crippen molar-refractivity contribution in [2.24, 2.45) is 11.1 Å². The van der Waals surface area contributed by atoms with Gasteiger partial charge in [-0.3, -0.25) is 14.4 Å². The normalized spacial score (nSPS) is 13.8. The van der Waals surface area contributed by atoms with E-state index < -0.39 is 63.3 Å². The molecule has 2 aromatic rings. The highest BCUT2D eigenvalue weighted by atomic mass is 32.2. The van der Waals surface area contributed by atoms with Gasteiger partial charge in [0.1, 0.15) is 6.04 Å². The summed E-state index contributed by atoms with van der Waals surface area (Å²) in [6.07, 6.45) is -3.02. The number of alkyl halides is 3. The highest BCUT2D eigenvalue weighted by molar-refractivity contribution is 7.90. The molecule has 214 valence electrons. The van der Waals surface area contributed by atoms with Gasteiger partial charge in [-0.2, -0.15) is 13.2 Å². The van der Waals surface area contributed by atoms with Crippen molar-refractivity contribution in [1.82, 2.24) is 16.0 Å². The van der Waals surface area contributed by atoms with Gasteiger partial charge in [0.05, 0.1) is 17.0 Å². The van der Waals surface area contributed by atoms with Crippen LogP contribution in [0.1, 0.15) is 42.3 Å². The SMILES string of the molecule is CC(C)(C)C(NCCc1ccc(S(C)(=O)=O)cc1)C(NC(=O)CNC(=O)c1cccc(C(F)(F)F)c1)C(N)=O. The summed E-state index contributed by atoms with van der Waals surface area (Å²) in [5.74, 6) is -2.47. The summed E-state index contributed by atoms with van der Waals surface area (Å²) in [5.41, 5.74) is 4.59. The molecule has 2 atom stereocenters. The van der Waals surface area contributed by atoms with E-state index in [2.05, 4.69) is 16.0 Å². The molecule has 0 aromatic heterocycles. The topological polar surface area (TPSA) is 147 Å². The molecule has 0 spiro atoms. The van der Waals surface area contributed by atoms with E-state index >= 15 is 0 Å². The van der Waals surface area contributed by atoms with Gasteiger partial charge in [0, 0.05) is 17.9 Å². The van der Waals surface area contributed by atoms with Crippen LogP contribution in [0.4, 0.5) is 13.2 Å². The van der Waals surface area contributed by atoms with Gasteiger partial charge in [0.15, 0.2) is 9.84 Å².